The molecular weight excluding hydrogens is 210 g/mol. The monoisotopic (exact) mass is 235 g/mol. The summed E-state index contributed by atoms with van der Waals surface area (Å²) in [6.07, 6.45) is 3.45. The summed E-state index contributed by atoms with van der Waals surface area (Å²) < 4.78 is 0. The number of aromatic nitrogens is 1. The fourth-order valence-corrected chi connectivity index (χ4v) is 1.83. The third-order valence-electron chi connectivity index (χ3n) is 2.60. The molecule has 0 aliphatic rings. The zero-order valence-electron chi connectivity index (χ0n) is 11.4. The van der Waals surface area contributed by atoms with Crippen LogP contribution in [0, 0.1) is 0 Å². The molecule has 0 unspecified atom stereocenters. The molecular formula is C14H25N3. The van der Waals surface area contributed by atoms with E-state index in [0.717, 1.165) is 50.5 Å². The molecule has 1 heterocycles. The maximum atomic E-state index is 4.66. The van der Waals surface area contributed by atoms with Gasteiger partial charge >= 0.3 is 0 Å². The Kier molecular flexibility index (Phi) is 6.45. The predicted molar refractivity (Wildman–Crippen MR) is 75.8 cm³/mol. The number of anilines is 2. The van der Waals surface area contributed by atoms with Crippen molar-refractivity contribution in [2.75, 3.05) is 29.9 Å². The van der Waals surface area contributed by atoms with Crippen LogP contribution in [0.2, 0.25) is 0 Å². The zero-order valence-corrected chi connectivity index (χ0v) is 11.4. The van der Waals surface area contributed by atoms with E-state index in [9.17, 15) is 0 Å². The van der Waals surface area contributed by atoms with Crippen molar-refractivity contribution in [1.82, 2.24) is 4.98 Å². The van der Waals surface area contributed by atoms with Crippen molar-refractivity contribution in [1.29, 1.82) is 0 Å². The maximum absolute atomic E-state index is 4.66. The van der Waals surface area contributed by atoms with Gasteiger partial charge in [0.1, 0.15) is 11.6 Å². The molecule has 0 aliphatic heterocycles. The van der Waals surface area contributed by atoms with Gasteiger partial charge in [-0.2, -0.15) is 0 Å². The lowest BCUT2D eigenvalue weighted by Crippen LogP contribution is -2.26. The highest BCUT2D eigenvalue weighted by atomic mass is 15.2. The Morgan fingerprint density at radius 1 is 1.06 bits per heavy atom. The van der Waals surface area contributed by atoms with Crippen molar-refractivity contribution < 1.29 is 0 Å². The van der Waals surface area contributed by atoms with E-state index in [-0.39, 0.29) is 0 Å². The van der Waals surface area contributed by atoms with Crippen molar-refractivity contribution in [3.63, 3.8) is 0 Å². The molecule has 1 rings (SSSR count). The summed E-state index contributed by atoms with van der Waals surface area (Å²) in [5.74, 6) is 2.08. The molecule has 0 spiro atoms. The molecule has 1 N–H and O–H groups in total. The van der Waals surface area contributed by atoms with Gasteiger partial charge in [0.15, 0.2) is 0 Å². The third-order valence-corrected chi connectivity index (χ3v) is 2.60. The van der Waals surface area contributed by atoms with Gasteiger partial charge < -0.3 is 10.2 Å². The topological polar surface area (TPSA) is 28.2 Å². The number of hydrogen-bond donors (Lipinski definition) is 1. The van der Waals surface area contributed by atoms with Gasteiger partial charge in [0, 0.05) is 19.6 Å². The summed E-state index contributed by atoms with van der Waals surface area (Å²) in [6.45, 7) is 9.73. The average molecular weight is 235 g/mol. The Hall–Kier alpha value is -1.25. The highest BCUT2D eigenvalue weighted by molar-refractivity contribution is 5.47. The van der Waals surface area contributed by atoms with Crippen molar-refractivity contribution >= 4 is 11.6 Å². The van der Waals surface area contributed by atoms with Crippen molar-refractivity contribution in [3.8, 4) is 0 Å². The fraction of sp³-hybridized carbons (Fsp3) is 0.643. The number of hydrogen-bond acceptors (Lipinski definition) is 3. The number of rotatable bonds is 8. The second-order valence-electron chi connectivity index (χ2n) is 4.29. The number of pyridine rings is 1. The highest BCUT2D eigenvalue weighted by Gasteiger charge is 2.06. The maximum Gasteiger partial charge on any atom is 0.130 e. The van der Waals surface area contributed by atoms with Crippen LogP contribution in [0.25, 0.3) is 0 Å². The first-order valence-corrected chi connectivity index (χ1v) is 6.77. The molecule has 0 aromatic carbocycles. The highest BCUT2D eigenvalue weighted by Crippen LogP contribution is 2.15. The Balaban J connectivity index is 2.72. The van der Waals surface area contributed by atoms with E-state index in [1.54, 1.807) is 0 Å². The molecule has 0 bridgehead atoms. The second kappa shape index (κ2) is 7.93. The first-order chi connectivity index (χ1) is 8.31. The summed E-state index contributed by atoms with van der Waals surface area (Å²) in [6, 6.07) is 6.22. The first-order valence-electron chi connectivity index (χ1n) is 6.77. The number of nitrogens with zero attached hydrogens (tertiary/aromatic N) is 2. The average Bonchev–Trinajstić information content (AvgIpc) is 2.36. The molecule has 3 nitrogen and oxygen atoms in total. The van der Waals surface area contributed by atoms with Crippen LogP contribution in [0.4, 0.5) is 11.6 Å². The smallest absolute Gasteiger partial charge is 0.130 e. The van der Waals surface area contributed by atoms with E-state index >= 15 is 0 Å². The van der Waals surface area contributed by atoms with Crippen LogP contribution >= 0.6 is 0 Å². The quantitative estimate of drug-likeness (QED) is 0.747. The van der Waals surface area contributed by atoms with Crippen molar-refractivity contribution in [3.05, 3.63) is 18.2 Å². The van der Waals surface area contributed by atoms with Crippen molar-refractivity contribution in [2.24, 2.45) is 0 Å². The molecule has 17 heavy (non-hydrogen) atoms. The van der Waals surface area contributed by atoms with E-state index in [4.69, 9.17) is 0 Å². The predicted octanol–water partition coefficient (Wildman–Crippen LogP) is 3.53. The van der Waals surface area contributed by atoms with Gasteiger partial charge in [0.05, 0.1) is 0 Å². The largest absolute Gasteiger partial charge is 0.370 e. The van der Waals surface area contributed by atoms with Crippen molar-refractivity contribution in [2.45, 2.75) is 40.0 Å². The van der Waals surface area contributed by atoms with Gasteiger partial charge in [0.25, 0.3) is 0 Å². The van der Waals surface area contributed by atoms with E-state index in [1.165, 1.54) is 0 Å². The second-order valence-corrected chi connectivity index (χ2v) is 4.29. The van der Waals surface area contributed by atoms with Gasteiger partial charge in [-0.05, 0) is 31.4 Å². The third kappa shape index (κ3) is 4.63. The molecule has 1 aromatic heterocycles. The van der Waals surface area contributed by atoms with Crippen LogP contribution in [-0.4, -0.2) is 24.6 Å². The molecule has 1 aromatic rings. The van der Waals surface area contributed by atoms with Crippen LogP contribution in [0.5, 0.6) is 0 Å². The molecule has 96 valence electrons. The molecule has 0 saturated heterocycles. The molecule has 0 atom stereocenters. The molecule has 3 heteroatoms. The van der Waals surface area contributed by atoms with E-state index in [0.29, 0.717) is 0 Å². The minimum absolute atomic E-state index is 0.984. The Morgan fingerprint density at radius 2 is 1.76 bits per heavy atom. The van der Waals surface area contributed by atoms with Crippen LogP contribution in [-0.2, 0) is 0 Å². The summed E-state index contributed by atoms with van der Waals surface area (Å²) in [4.78, 5) is 7.02. The molecule has 0 fully saturated rings. The van der Waals surface area contributed by atoms with Crippen LogP contribution < -0.4 is 10.2 Å². The molecule has 0 radical (unpaired) electrons. The van der Waals surface area contributed by atoms with Gasteiger partial charge in [-0.3, -0.25) is 0 Å². The summed E-state index contributed by atoms with van der Waals surface area (Å²) in [7, 11) is 0. The fourth-order valence-electron chi connectivity index (χ4n) is 1.83. The van der Waals surface area contributed by atoms with Crippen LogP contribution in [0.3, 0.4) is 0 Å². The van der Waals surface area contributed by atoms with E-state index < -0.39 is 0 Å². The van der Waals surface area contributed by atoms with Gasteiger partial charge in [-0.15, -0.1) is 0 Å². The lowest BCUT2D eigenvalue weighted by Gasteiger charge is -2.23. The Morgan fingerprint density at radius 3 is 2.35 bits per heavy atom. The standard InChI is InChI=1S/C14H25N3/c1-4-10-15-13-8-7-9-14(16-13)17(11-5-2)12-6-3/h7-9H,4-6,10-12H2,1-3H3,(H,15,16). The lowest BCUT2D eigenvalue weighted by atomic mass is 10.3. The molecule has 0 amide bonds. The van der Waals surface area contributed by atoms with Crippen LogP contribution in [0.15, 0.2) is 18.2 Å². The summed E-state index contributed by atoms with van der Waals surface area (Å²) >= 11 is 0. The normalized spacial score (nSPS) is 10.3. The van der Waals surface area contributed by atoms with E-state index in [1.807, 2.05) is 6.07 Å². The van der Waals surface area contributed by atoms with E-state index in [2.05, 4.69) is 48.1 Å². The minimum Gasteiger partial charge on any atom is -0.370 e. The summed E-state index contributed by atoms with van der Waals surface area (Å²) in [5, 5.41) is 3.34. The minimum atomic E-state index is 0.984. The van der Waals surface area contributed by atoms with Crippen LogP contribution in [0.1, 0.15) is 40.0 Å². The molecule has 0 aliphatic carbocycles. The Bertz CT molecular complexity index is 306. The number of nitrogens with one attached hydrogen (secondary N) is 1. The Labute approximate surface area is 105 Å². The van der Waals surface area contributed by atoms with Gasteiger partial charge in [-0.25, -0.2) is 4.98 Å². The molecule has 0 saturated carbocycles. The zero-order chi connectivity index (χ0) is 12.5. The first kappa shape index (κ1) is 13.8. The lowest BCUT2D eigenvalue weighted by molar-refractivity contribution is 0.734. The van der Waals surface area contributed by atoms with Gasteiger partial charge in [0.2, 0.25) is 0 Å². The van der Waals surface area contributed by atoms with Gasteiger partial charge in [-0.1, -0.05) is 26.8 Å². The SMILES string of the molecule is CCCNc1cccc(N(CCC)CCC)n1. The summed E-state index contributed by atoms with van der Waals surface area (Å²) in [5.41, 5.74) is 0.